The second-order valence-electron chi connectivity index (χ2n) is 4.65. The predicted octanol–water partition coefficient (Wildman–Crippen LogP) is 3.75. The van der Waals surface area contributed by atoms with Crippen molar-refractivity contribution < 1.29 is 4.74 Å². The van der Waals surface area contributed by atoms with Gasteiger partial charge in [-0.2, -0.15) is 0 Å². The lowest BCUT2D eigenvalue weighted by Crippen LogP contribution is -2.14. The molecule has 1 unspecified atom stereocenters. The molecule has 0 fully saturated rings. The molecule has 1 heterocycles. The molecular formula is C16H19BrN2O. The minimum absolute atomic E-state index is 0.251. The lowest BCUT2D eigenvalue weighted by atomic mass is 10.1. The Labute approximate surface area is 128 Å². The van der Waals surface area contributed by atoms with E-state index in [-0.39, 0.29) is 6.04 Å². The molecule has 106 valence electrons. The zero-order chi connectivity index (χ0) is 14.4. The van der Waals surface area contributed by atoms with Crippen LogP contribution in [0.15, 0.2) is 47.2 Å². The molecule has 0 saturated heterocycles. The van der Waals surface area contributed by atoms with Crippen LogP contribution in [0.25, 0.3) is 0 Å². The number of hydrogen-bond acceptors (Lipinski definition) is 3. The highest BCUT2D eigenvalue weighted by Crippen LogP contribution is 2.28. The summed E-state index contributed by atoms with van der Waals surface area (Å²) < 4.78 is 6.99. The van der Waals surface area contributed by atoms with E-state index < -0.39 is 0 Å². The molecule has 0 spiro atoms. The number of nitrogens with one attached hydrogen (secondary N) is 1. The van der Waals surface area contributed by atoms with Crippen LogP contribution < -0.4 is 10.1 Å². The maximum Gasteiger partial charge on any atom is 0.124 e. The normalized spacial score (nSPS) is 12.2. The molecular weight excluding hydrogens is 316 g/mol. The fraction of sp³-hybridized carbons (Fsp3) is 0.312. The van der Waals surface area contributed by atoms with Crippen LogP contribution in [0.1, 0.15) is 24.1 Å². The number of ether oxygens (including phenoxy) is 1. The average molecular weight is 335 g/mol. The van der Waals surface area contributed by atoms with Gasteiger partial charge in [-0.15, -0.1) is 0 Å². The van der Waals surface area contributed by atoms with Gasteiger partial charge in [-0.05, 0) is 43.8 Å². The summed E-state index contributed by atoms with van der Waals surface area (Å²) in [7, 11) is 1.95. The van der Waals surface area contributed by atoms with Crippen molar-refractivity contribution in [3.05, 3.63) is 58.3 Å². The molecule has 1 aromatic heterocycles. The summed E-state index contributed by atoms with van der Waals surface area (Å²) in [6, 6.07) is 10.4. The Hall–Kier alpha value is -1.39. The van der Waals surface area contributed by atoms with E-state index >= 15 is 0 Å². The van der Waals surface area contributed by atoms with Crippen LogP contribution in [0.5, 0.6) is 5.75 Å². The topological polar surface area (TPSA) is 34.1 Å². The molecule has 0 radical (unpaired) electrons. The van der Waals surface area contributed by atoms with Crippen molar-refractivity contribution in [1.82, 2.24) is 10.3 Å². The van der Waals surface area contributed by atoms with Gasteiger partial charge in [-0.1, -0.05) is 22.0 Å². The van der Waals surface area contributed by atoms with Crippen molar-refractivity contribution in [2.24, 2.45) is 0 Å². The van der Waals surface area contributed by atoms with Gasteiger partial charge >= 0.3 is 0 Å². The van der Waals surface area contributed by atoms with Gasteiger partial charge in [0.15, 0.2) is 0 Å². The van der Waals surface area contributed by atoms with E-state index in [0.29, 0.717) is 6.61 Å². The van der Waals surface area contributed by atoms with E-state index in [1.165, 1.54) is 5.56 Å². The lowest BCUT2D eigenvalue weighted by Gasteiger charge is -2.17. The quantitative estimate of drug-likeness (QED) is 0.873. The van der Waals surface area contributed by atoms with Gasteiger partial charge in [-0.25, -0.2) is 0 Å². The second-order valence-corrected chi connectivity index (χ2v) is 5.57. The molecule has 0 bridgehead atoms. The third-order valence-corrected chi connectivity index (χ3v) is 3.74. The monoisotopic (exact) mass is 334 g/mol. The van der Waals surface area contributed by atoms with Crippen LogP contribution in [-0.4, -0.2) is 18.6 Å². The molecule has 1 atom stereocenters. The fourth-order valence-corrected chi connectivity index (χ4v) is 2.35. The van der Waals surface area contributed by atoms with E-state index in [2.05, 4.69) is 45.3 Å². The van der Waals surface area contributed by atoms with Gasteiger partial charge in [0.2, 0.25) is 0 Å². The Morgan fingerprint density at radius 2 is 2.20 bits per heavy atom. The smallest absolute Gasteiger partial charge is 0.124 e. The Morgan fingerprint density at radius 1 is 1.35 bits per heavy atom. The molecule has 1 N–H and O–H groups in total. The van der Waals surface area contributed by atoms with Crippen molar-refractivity contribution >= 4 is 15.9 Å². The molecule has 0 aliphatic carbocycles. The summed E-state index contributed by atoms with van der Waals surface area (Å²) >= 11 is 3.51. The second kappa shape index (κ2) is 7.41. The number of benzene rings is 1. The SMILES string of the molecule is CNC(C)c1cc(Br)ccc1OCCc1cccnc1. The first-order chi connectivity index (χ1) is 9.70. The molecule has 0 saturated carbocycles. The summed E-state index contributed by atoms with van der Waals surface area (Å²) in [5.74, 6) is 0.930. The number of pyridine rings is 1. The highest BCUT2D eigenvalue weighted by atomic mass is 79.9. The molecule has 2 aromatic rings. The van der Waals surface area contributed by atoms with Gasteiger partial charge in [0, 0.05) is 34.9 Å². The van der Waals surface area contributed by atoms with Gasteiger partial charge in [0.25, 0.3) is 0 Å². The molecule has 3 nitrogen and oxygen atoms in total. The van der Waals surface area contributed by atoms with Crippen LogP contribution in [0.4, 0.5) is 0 Å². The van der Waals surface area contributed by atoms with Crippen LogP contribution in [0.2, 0.25) is 0 Å². The van der Waals surface area contributed by atoms with Crippen molar-refractivity contribution in [3.63, 3.8) is 0 Å². The third kappa shape index (κ3) is 4.05. The summed E-state index contributed by atoms with van der Waals surface area (Å²) in [5.41, 5.74) is 2.35. The summed E-state index contributed by atoms with van der Waals surface area (Å²) in [5, 5.41) is 3.25. The fourth-order valence-electron chi connectivity index (χ4n) is 1.97. The van der Waals surface area contributed by atoms with Crippen molar-refractivity contribution in [1.29, 1.82) is 0 Å². The summed E-state index contributed by atoms with van der Waals surface area (Å²) in [6.45, 7) is 2.77. The van der Waals surface area contributed by atoms with E-state index in [0.717, 1.165) is 22.2 Å². The van der Waals surface area contributed by atoms with Crippen LogP contribution >= 0.6 is 15.9 Å². The predicted molar refractivity (Wildman–Crippen MR) is 85.1 cm³/mol. The number of nitrogens with zero attached hydrogens (tertiary/aromatic N) is 1. The average Bonchev–Trinajstić information content (AvgIpc) is 2.49. The van der Waals surface area contributed by atoms with E-state index in [1.54, 1.807) is 6.20 Å². The zero-order valence-corrected chi connectivity index (χ0v) is 13.4. The van der Waals surface area contributed by atoms with E-state index in [9.17, 15) is 0 Å². The first-order valence-corrected chi connectivity index (χ1v) is 7.48. The minimum Gasteiger partial charge on any atom is -0.493 e. The molecule has 4 heteroatoms. The Balaban J connectivity index is 2.02. The number of aromatic nitrogens is 1. The van der Waals surface area contributed by atoms with E-state index in [4.69, 9.17) is 4.74 Å². The first-order valence-electron chi connectivity index (χ1n) is 6.69. The van der Waals surface area contributed by atoms with Crippen molar-refractivity contribution in [3.8, 4) is 5.75 Å². The maximum absolute atomic E-state index is 5.93. The van der Waals surface area contributed by atoms with Crippen molar-refractivity contribution in [2.75, 3.05) is 13.7 Å². The number of halogens is 1. The van der Waals surface area contributed by atoms with Crippen molar-refractivity contribution in [2.45, 2.75) is 19.4 Å². The highest BCUT2D eigenvalue weighted by molar-refractivity contribution is 9.10. The van der Waals surface area contributed by atoms with Gasteiger partial charge in [0.05, 0.1) is 6.61 Å². The molecule has 1 aromatic carbocycles. The molecule has 0 amide bonds. The highest BCUT2D eigenvalue weighted by Gasteiger charge is 2.10. The van der Waals surface area contributed by atoms with Gasteiger partial charge < -0.3 is 10.1 Å². The van der Waals surface area contributed by atoms with Crippen LogP contribution in [0.3, 0.4) is 0 Å². The van der Waals surface area contributed by atoms with Gasteiger partial charge in [-0.3, -0.25) is 4.98 Å². The Bertz CT molecular complexity index is 545. The molecule has 20 heavy (non-hydrogen) atoms. The van der Waals surface area contributed by atoms with Crippen LogP contribution in [-0.2, 0) is 6.42 Å². The third-order valence-electron chi connectivity index (χ3n) is 3.24. The molecule has 0 aliphatic rings. The molecule has 2 rings (SSSR count). The summed E-state index contributed by atoms with van der Waals surface area (Å²) in [4.78, 5) is 4.11. The lowest BCUT2D eigenvalue weighted by molar-refractivity contribution is 0.315. The Morgan fingerprint density at radius 3 is 2.90 bits per heavy atom. The van der Waals surface area contributed by atoms with E-state index in [1.807, 2.05) is 31.4 Å². The number of hydrogen-bond donors (Lipinski definition) is 1. The van der Waals surface area contributed by atoms with Crippen LogP contribution in [0, 0.1) is 0 Å². The zero-order valence-electron chi connectivity index (χ0n) is 11.8. The standard InChI is InChI=1S/C16H19BrN2O/c1-12(18-2)15-10-14(17)5-6-16(15)20-9-7-13-4-3-8-19-11-13/h3-6,8,10-12,18H,7,9H2,1-2H3. The minimum atomic E-state index is 0.251. The number of rotatable bonds is 6. The largest absolute Gasteiger partial charge is 0.493 e. The first kappa shape index (κ1) is 15.0. The summed E-state index contributed by atoms with van der Waals surface area (Å²) in [6.07, 6.45) is 4.52. The maximum atomic E-state index is 5.93. The molecule has 0 aliphatic heterocycles. The Kier molecular flexibility index (Phi) is 5.56. The van der Waals surface area contributed by atoms with Gasteiger partial charge in [0.1, 0.15) is 5.75 Å².